The van der Waals surface area contributed by atoms with Gasteiger partial charge in [-0.3, -0.25) is 9.78 Å². The number of amides is 2. The van der Waals surface area contributed by atoms with Gasteiger partial charge in [0, 0.05) is 35.6 Å². The maximum atomic E-state index is 13.5. The average Bonchev–Trinajstić information content (AvgIpc) is 3.12. The van der Waals surface area contributed by atoms with Crippen molar-refractivity contribution in [1.82, 2.24) is 14.8 Å². The van der Waals surface area contributed by atoms with Crippen LogP contribution in [-0.4, -0.2) is 64.8 Å². The minimum absolute atomic E-state index is 0.0591. The van der Waals surface area contributed by atoms with Crippen LogP contribution in [0.25, 0.3) is 10.9 Å². The lowest BCUT2D eigenvalue weighted by Crippen LogP contribution is -2.47. The molecule has 8 heteroatoms. The van der Waals surface area contributed by atoms with E-state index in [1.165, 1.54) is 23.9 Å². The summed E-state index contributed by atoms with van der Waals surface area (Å²) in [7, 11) is 0. The Morgan fingerprint density at radius 2 is 2.07 bits per heavy atom. The van der Waals surface area contributed by atoms with Crippen LogP contribution in [0.3, 0.4) is 0 Å². The number of hydrogen-bond acceptors (Lipinski definition) is 5. The van der Waals surface area contributed by atoms with E-state index in [-0.39, 0.29) is 23.9 Å². The Morgan fingerprint density at radius 3 is 2.81 bits per heavy atom. The number of halogens is 1. The Labute approximate surface area is 160 Å². The summed E-state index contributed by atoms with van der Waals surface area (Å²) >= 11 is 1.40. The minimum Gasteiger partial charge on any atom is -0.448 e. The topological polar surface area (TPSA) is 62.7 Å². The maximum Gasteiger partial charge on any atom is 0.410 e. The van der Waals surface area contributed by atoms with Crippen LogP contribution >= 0.6 is 11.8 Å². The predicted molar refractivity (Wildman–Crippen MR) is 100 cm³/mol. The van der Waals surface area contributed by atoms with Gasteiger partial charge in [-0.1, -0.05) is 0 Å². The van der Waals surface area contributed by atoms with E-state index < -0.39 is 0 Å². The Hall–Kier alpha value is -2.35. The van der Waals surface area contributed by atoms with Crippen LogP contribution < -0.4 is 0 Å². The number of nitrogens with zero attached hydrogens (tertiary/aromatic N) is 3. The first-order valence-corrected chi connectivity index (χ1v) is 9.98. The van der Waals surface area contributed by atoms with Crippen LogP contribution in [0.2, 0.25) is 0 Å². The molecule has 2 fully saturated rings. The van der Waals surface area contributed by atoms with E-state index in [4.69, 9.17) is 4.74 Å². The highest BCUT2D eigenvalue weighted by molar-refractivity contribution is 8.00. The van der Waals surface area contributed by atoms with Crippen molar-refractivity contribution in [1.29, 1.82) is 0 Å². The second-order valence-corrected chi connectivity index (χ2v) is 7.70. The third-order valence-electron chi connectivity index (χ3n) is 5.06. The number of benzene rings is 1. The first-order chi connectivity index (χ1) is 13.1. The number of likely N-dealkylation sites (tertiary alicyclic amines) is 1. The van der Waals surface area contributed by atoms with Gasteiger partial charge in [0.05, 0.1) is 17.8 Å². The molecule has 27 heavy (non-hydrogen) atoms. The number of aromatic nitrogens is 1. The Morgan fingerprint density at radius 1 is 1.26 bits per heavy atom. The highest BCUT2D eigenvalue weighted by Crippen LogP contribution is 2.28. The fourth-order valence-corrected chi connectivity index (χ4v) is 4.55. The summed E-state index contributed by atoms with van der Waals surface area (Å²) in [6, 6.07) is 6.45. The number of carbonyl (C=O) groups excluding carboxylic acids is 2. The van der Waals surface area contributed by atoms with Gasteiger partial charge in [-0.2, -0.15) is 0 Å². The molecule has 1 aromatic carbocycles. The number of fused-ring (bicyclic) bond motifs is 1. The van der Waals surface area contributed by atoms with Crippen molar-refractivity contribution in [2.45, 2.75) is 23.8 Å². The van der Waals surface area contributed by atoms with E-state index in [0.29, 0.717) is 37.5 Å². The summed E-state index contributed by atoms with van der Waals surface area (Å²) in [5.41, 5.74) is 0.715. The molecule has 0 spiro atoms. The number of piperidine rings is 1. The number of pyridine rings is 1. The molecule has 4 rings (SSSR count). The Balaban J connectivity index is 1.34. The minimum atomic E-state index is -0.314. The largest absolute Gasteiger partial charge is 0.448 e. The fraction of sp³-hybridized carbons (Fsp3) is 0.421. The number of carbonyl (C=O) groups is 2. The molecule has 3 heterocycles. The summed E-state index contributed by atoms with van der Waals surface area (Å²) in [5.74, 6) is 0.0430. The van der Waals surface area contributed by atoms with Crippen LogP contribution in [0, 0.1) is 5.82 Å². The predicted octanol–water partition coefficient (Wildman–Crippen LogP) is 2.91. The normalized spacial score (nSPS) is 18.2. The zero-order valence-electron chi connectivity index (χ0n) is 14.8. The molecular formula is C19H20FN3O3S. The first-order valence-electron chi connectivity index (χ1n) is 9.00. The molecular weight excluding hydrogens is 369 g/mol. The molecule has 2 amide bonds. The fourth-order valence-electron chi connectivity index (χ4n) is 3.61. The van der Waals surface area contributed by atoms with Crippen molar-refractivity contribution in [3.63, 3.8) is 0 Å². The summed E-state index contributed by atoms with van der Waals surface area (Å²) < 4.78 is 18.5. The van der Waals surface area contributed by atoms with Gasteiger partial charge in [0.1, 0.15) is 12.4 Å². The molecule has 0 unspecified atom stereocenters. The Kier molecular flexibility index (Phi) is 5.15. The van der Waals surface area contributed by atoms with E-state index in [0.717, 1.165) is 23.1 Å². The standard InChI is InChI=1S/C19H20FN3O3S/c20-13-1-2-16-15(11-13)17(3-6-21-16)27-12-18(24)22-7-4-14(5-8-22)23-9-10-26-19(23)25/h1-3,6,11,14H,4-5,7-10,12H2. The summed E-state index contributed by atoms with van der Waals surface area (Å²) in [6.07, 6.45) is 2.98. The maximum absolute atomic E-state index is 13.5. The molecule has 2 aromatic rings. The molecule has 0 saturated carbocycles. The van der Waals surface area contributed by atoms with Gasteiger partial charge in [-0.15, -0.1) is 11.8 Å². The first kappa shape index (κ1) is 18.0. The van der Waals surface area contributed by atoms with Crippen molar-refractivity contribution >= 4 is 34.7 Å². The quantitative estimate of drug-likeness (QED) is 0.753. The highest BCUT2D eigenvalue weighted by Gasteiger charge is 2.33. The molecule has 6 nitrogen and oxygen atoms in total. The second-order valence-electron chi connectivity index (χ2n) is 6.68. The van der Waals surface area contributed by atoms with Crippen LogP contribution in [0.1, 0.15) is 12.8 Å². The van der Waals surface area contributed by atoms with E-state index >= 15 is 0 Å². The molecule has 2 saturated heterocycles. The van der Waals surface area contributed by atoms with Gasteiger partial charge in [-0.05, 0) is 37.1 Å². The van der Waals surface area contributed by atoms with Gasteiger partial charge in [0.25, 0.3) is 0 Å². The second kappa shape index (κ2) is 7.72. The average molecular weight is 389 g/mol. The van der Waals surface area contributed by atoms with Crippen molar-refractivity contribution in [2.75, 3.05) is 32.0 Å². The Bertz CT molecular complexity index is 870. The van der Waals surface area contributed by atoms with E-state index in [1.807, 2.05) is 11.0 Å². The number of rotatable bonds is 4. The van der Waals surface area contributed by atoms with Crippen molar-refractivity contribution in [2.24, 2.45) is 0 Å². The third kappa shape index (κ3) is 3.85. The van der Waals surface area contributed by atoms with Gasteiger partial charge < -0.3 is 14.5 Å². The lowest BCUT2D eigenvalue weighted by atomic mass is 10.0. The molecule has 0 atom stereocenters. The molecule has 2 aliphatic rings. The summed E-state index contributed by atoms with van der Waals surface area (Å²) in [4.78, 5) is 32.9. The zero-order chi connectivity index (χ0) is 18.8. The van der Waals surface area contributed by atoms with E-state index in [9.17, 15) is 14.0 Å². The third-order valence-corrected chi connectivity index (χ3v) is 6.12. The number of thioether (sulfide) groups is 1. The number of hydrogen-bond donors (Lipinski definition) is 0. The molecule has 1 aromatic heterocycles. The SMILES string of the molecule is O=C(CSc1ccnc2ccc(F)cc12)N1CCC(N2CCOC2=O)CC1. The van der Waals surface area contributed by atoms with Gasteiger partial charge >= 0.3 is 6.09 Å². The van der Waals surface area contributed by atoms with Crippen molar-refractivity contribution in [3.8, 4) is 0 Å². The number of cyclic esters (lactones) is 1. The van der Waals surface area contributed by atoms with Crippen LogP contribution in [0.4, 0.5) is 9.18 Å². The summed E-state index contributed by atoms with van der Waals surface area (Å²) in [6.45, 7) is 2.37. The molecule has 0 N–H and O–H groups in total. The molecule has 2 aliphatic heterocycles. The van der Waals surface area contributed by atoms with Crippen LogP contribution in [0.5, 0.6) is 0 Å². The molecule has 142 valence electrons. The van der Waals surface area contributed by atoms with Gasteiger partial charge in [0.2, 0.25) is 5.91 Å². The van der Waals surface area contributed by atoms with Crippen molar-refractivity contribution < 1.29 is 18.7 Å². The lowest BCUT2D eigenvalue weighted by Gasteiger charge is -2.35. The van der Waals surface area contributed by atoms with E-state index in [2.05, 4.69) is 4.98 Å². The van der Waals surface area contributed by atoms with E-state index in [1.54, 1.807) is 17.2 Å². The smallest absolute Gasteiger partial charge is 0.410 e. The lowest BCUT2D eigenvalue weighted by molar-refractivity contribution is -0.129. The zero-order valence-corrected chi connectivity index (χ0v) is 15.6. The van der Waals surface area contributed by atoms with Crippen molar-refractivity contribution in [3.05, 3.63) is 36.3 Å². The molecule has 0 aliphatic carbocycles. The highest BCUT2D eigenvalue weighted by atomic mass is 32.2. The van der Waals surface area contributed by atoms with Gasteiger partial charge in [-0.25, -0.2) is 9.18 Å². The number of ether oxygens (including phenoxy) is 1. The van der Waals surface area contributed by atoms with Gasteiger partial charge in [0.15, 0.2) is 0 Å². The monoisotopic (exact) mass is 389 g/mol. The van der Waals surface area contributed by atoms with Crippen LogP contribution in [-0.2, 0) is 9.53 Å². The van der Waals surface area contributed by atoms with Crippen LogP contribution in [0.15, 0.2) is 35.4 Å². The summed E-state index contributed by atoms with van der Waals surface area (Å²) in [5, 5.41) is 0.724. The molecule has 0 radical (unpaired) electrons. The molecule has 0 bridgehead atoms.